The van der Waals surface area contributed by atoms with E-state index in [9.17, 15) is 4.79 Å². The maximum absolute atomic E-state index is 11.2. The molecule has 2 rings (SSSR count). The zero-order valence-corrected chi connectivity index (χ0v) is 11.9. The van der Waals surface area contributed by atoms with Crippen molar-refractivity contribution in [2.24, 2.45) is 0 Å². The van der Waals surface area contributed by atoms with Crippen LogP contribution in [0.2, 0.25) is 5.02 Å². The standard InChI is InChI=1S/C13H15ClN4O2/c1-20-13(19)9-17-4-6-18(7-5-17)12-3-2-10(14)11(8-15)16-12/h2-3H,4-7,9H2,1H3. The summed E-state index contributed by atoms with van der Waals surface area (Å²) in [6, 6.07) is 5.46. The van der Waals surface area contributed by atoms with E-state index in [1.807, 2.05) is 11.0 Å². The quantitative estimate of drug-likeness (QED) is 0.772. The maximum atomic E-state index is 11.2. The van der Waals surface area contributed by atoms with Gasteiger partial charge in [0.2, 0.25) is 0 Å². The zero-order chi connectivity index (χ0) is 14.5. The number of piperazine rings is 1. The summed E-state index contributed by atoms with van der Waals surface area (Å²) in [6.45, 7) is 3.30. The van der Waals surface area contributed by atoms with E-state index in [0.29, 0.717) is 11.6 Å². The second-order valence-electron chi connectivity index (χ2n) is 4.45. The second kappa shape index (κ2) is 6.55. The fourth-order valence-electron chi connectivity index (χ4n) is 2.07. The molecule has 1 saturated heterocycles. The van der Waals surface area contributed by atoms with Crippen molar-refractivity contribution in [3.8, 4) is 6.07 Å². The molecule has 0 N–H and O–H groups in total. The van der Waals surface area contributed by atoms with Crippen molar-refractivity contribution < 1.29 is 9.53 Å². The molecule has 1 aliphatic rings. The number of carbonyl (C=O) groups excluding carboxylic acids is 1. The Labute approximate surface area is 122 Å². The molecule has 1 aromatic rings. The summed E-state index contributed by atoms with van der Waals surface area (Å²) in [5.41, 5.74) is 0.237. The van der Waals surface area contributed by atoms with Gasteiger partial charge in [-0.3, -0.25) is 9.69 Å². The average molecular weight is 295 g/mol. The van der Waals surface area contributed by atoms with E-state index in [0.717, 1.165) is 32.0 Å². The minimum Gasteiger partial charge on any atom is -0.468 e. The minimum absolute atomic E-state index is 0.227. The number of rotatable bonds is 3. The highest BCUT2D eigenvalue weighted by Crippen LogP contribution is 2.19. The fourth-order valence-corrected chi connectivity index (χ4v) is 2.22. The van der Waals surface area contributed by atoms with Crippen LogP contribution in [0.15, 0.2) is 12.1 Å². The number of nitriles is 1. The number of methoxy groups -OCH3 is 1. The topological polar surface area (TPSA) is 69.5 Å². The SMILES string of the molecule is COC(=O)CN1CCN(c2ccc(Cl)c(C#N)n2)CC1. The Morgan fingerprint density at radius 2 is 2.15 bits per heavy atom. The molecule has 2 heterocycles. The van der Waals surface area contributed by atoms with Gasteiger partial charge >= 0.3 is 5.97 Å². The van der Waals surface area contributed by atoms with Gasteiger partial charge in [0.05, 0.1) is 18.7 Å². The Balaban J connectivity index is 1.97. The van der Waals surface area contributed by atoms with Gasteiger partial charge in [0.25, 0.3) is 0 Å². The summed E-state index contributed by atoms with van der Waals surface area (Å²) in [5.74, 6) is 0.513. The van der Waals surface area contributed by atoms with Crippen molar-refractivity contribution in [1.29, 1.82) is 5.26 Å². The summed E-state index contributed by atoms with van der Waals surface area (Å²) < 4.78 is 4.65. The third-order valence-corrected chi connectivity index (χ3v) is 3.52. The van der Waals surface area contributed by atoms with Crippen LogP contribution < -0.4 is 4.90 Å². The van der Waals surface area contributed by atoms with Gasteiger partial charge in [-0.25, -0.2) is 4.98 Å². The Morgan fingerprint density at radius 1 is 1.45 bits per heavy atom. The first-order valence-electron chi connectivity index (χ1n) is 6.25. The summed E-state index contributed by atoms with van der Waals surface area (Å²) in [5, 5.41) is 9.30. The molecule has 0 amide bonds. The van der Waals surface area contributed by atoms with Crippen LogP contribution in [0, 0.1) is 11.3 Å². The molecule has 0 radical (unpaired) electrons. The van der Waals surface area contributed by atoms with Gasteiger partial charge in [0.15, 0.2) is 5.69 Å². The number of anilines is 1. The lowest BCUT2D eigenvalue weighted by molar-refractivity contribution is -0.142. The summed E-state index contributed by atoms with van der Waals surface area (Å²) in [6.07, 6.45) is 0. The summed E-state index contributed by atoms with van der Waals surface area (Å²) >= 11 is 5.87. The second-order valence-corrected chi connectivity index (χ2v) is 4.86. The van der Waals surface area contributed by atoms with Gasteiger partial charge in [0.1, 0.15) is 11.9 Å². The van der Waals surface area contributed by atoms with Gasteiger partial charge in [0, 0.05) is 26.2 Å². The van der Waals surface area contributed by atoms with Gasteiger partial charge in [-0.05, 0) is 12.1 Å². The number of aromatic nitrogens is 1. The van der Waals surface area contributed by atoms with Crippen LogP contribution in [0.25, 0.3) is 0 Å². The Morgan fingerprint density at radius 3 is 2.75 bits per heavy atom. The number of carbonyl (C=O) groups is 1. The molecule has 1 aromatic heterocycles. The van der Waals surface area contributed by atoms with Gasteiger partial charge in [-0.1, -0.05) is 11.6 Å². The molecule has 0 bridgehead atoms. The van der Waals surface area contributed by atoms with Crippen molar-refractivity contribution in [2.45, 2.75) is 0 Å². The Hall–Kier alpha value is -1.84. The zero-order valence-electron chi connectivity index (χ0n) is 11.2. The third-order valence-electron chi connectivity index (χ3n) is 3.21. The van der Waals surface area contributed by atoms with Crippen LogP contribution in [0.1, 0.15) is 5.69 Å². The Bertz CT molecular complexity index is 536. The molecular formula is C13H15ClN4O2. The average Bonchev–Trinajstić information content (AvgIpc) is 2.48. The molecule has 0 aromatic carbocycles. The lowest BCUT2D eigenvalue weighted by Crippen LogP contribution is -2.48. The molecule has 6 nitrogen and oxygen atoms in total. The van der Waals surface area contributed by atoms with Gasteiger partial charge in [-0.15, -0.1) is 0 Å². The molecule has 20 heavy (non-hydrogen) atoms. The monoisotopic (exact) mass is 294 g/mol. The van der Waals surface area contributed by atoms with E-state index in [1.165, 1.54) is 7.11 Å². The first-order valence-corrected chi connectivity index (χ1v) is 6.62. The molecule has 1 fully saturated rings. The molecule has 0 spiro atoms. The molecule has 106 valence electrons. The minimum atomic E-state index is -0.227. The first kappa shape index (κ1) is 14.6. The lowest BCUT2D eigenvalue weighted by Gasteiger charge is -2.34. The molecule has 0 aliphatic carbocycles. The van der Waals surface area contributed by atoms with E-state index in [1.54, 1.807) is 12.1 Å². The maximum Gasteiger partial charge on any atom is 0.319 e. The predicted octanol–water partition coefficient (Wildman–Crippen LogP) is 0.902. The lowest BCUT2D eigenvalue weighted by atomic mass is 10.3. The molecule has 0 saturated carbocycles. The van der Waals surface area contributed by atoms with E-state index < -0.39 is 0 Å². The highest BCUT2D eigenvalue weighted by Gasteiger charge is 2.20. The number of pyridine rings is 1. The highest BCUT2D eigenvalue weighted by atomic mass is 35.5. The Kier molecular flexibility index (Phi) is 4.77. The number of hydrogen-bond acceptors (Lipinski definition) is 6. The van der Waals surface area contributed by atoms with Crippen molar-refractivity contribution in [3.63, 3.8) is 0 Å². The highest BCUT2D eigenvalue weighted by molar-refractivity contribution is 6.31. The summed E-state index contributed by atoms with van der Waals surface area (Å²) in [4.78, 5) is 19.6. The number of halogens is 1. The van der Waals surface area contributed by atoms with E-state index in [4.69, 9.17) is 16.9 Å². The van der Waals surface area contributed by atoms with Crippen molar-refractivity contribution in [3.05, 3.63) is 22.8 Å². The van der Waals surface area contributed by atoms with Gasteiger partial charge in [-0.2, -0.15) is 5.26 Å². The summed E-state index contributed by atoms with van der Waals surface area (Å²) in [7, 11) is 1.39. The van der Waals surface area contributed by atoms with E-state index in [2.05, 4.69) is 14.6 Å². The molecule has 0 unspecified atom stereocenters. The van der Waals surface area contributed by atoms with Crippen LogP contribution in [0.4, 0.5) is 5.82 Å². The largest absolute Gasteiger partial charge is 0.468 e. The molecule has 0 atom stereocenters. The number of ether oxygens (including phenoxy) is 1. The smallest absolute Gasteiger partial charge is 0.319 e. The van der Waals surface area contributed by atoms with E-state index in [-0.39, 0.29) is 11.7 Å². The fraction of sp³-hybridized carbons (Fsp3) is 0.462. The number of hydrogen-bond donors (Lipinski definition) is 0. The van der Waals surface area contributed by atoms with Crippen LogP contribution in [-0.2, 0) is 9.53 Å². The van der Waals surface area contributed by atoms with Crippen LogP contribution in [0.3, 0.4) is 0 Å². The number of esters is 1. The normalized spacial score (nSPS) is 15.8. The molecular weight excluding hydrogens is 280 g/mol. The predicted molar refractivity (Wildman–Crippen MR) is 74.6 cm³/mol. The first-order chi connectivity index (χ1) is 9.63. The molecule has 7 heteroatoms. The van der Waals surface area contributed by atoms with Crippen LogP contribution >= 0.6 is 11.6 Å². The third kappa shape index (κ3) is 3.38. The molecule has 1 aliphatic heterocycles. The number of nitrogens with zero attached hydrogens (tertiary/aromatic N) is 4. The van der Waals surface area contributed by atoms with Crippen LogP contribution in [-0.4, -0.2) is 55.7 Å². The van der Waals surface area contributed by atoms with Crippen molar-refractivity contribution in [2.75, 3.05) is 44.7 Å². The van der Waals surface area contributed by atoms with Crippen molar-refractivity contribution >= 4 is 23.4 Å². The van der Waals surface area contributed by atoms with Gasteiger partial charge < -0.3 is 9.64 Å². The van der Waals surface area contributed by atoms with Crippen LogP contribution in [0.5, 0.6) is 0 Å². The van der Waals surface area contributed by atoms with E-state index >= 15 is 0 Å². The van der Waals surface area contributed by atoms with Crippen molar-refractivity contribution in [1.82, 2.24) is 9.88 Å².